The van der Waals surface area contributed by atoms with Gasteiger partial charge in [0.1, 0.15) is 5.69 Å². The normalized spacial score (nSPS) is 18.0. The van der Waals surface area contributed by atoms with Crippen molar-refractivity contribution >= 4 is 27.1 Å². The zero-order valence-corrected chi connectivity index (χ0v) is 14.8. The number of alkyl halides is 2. The fourth-order valence-corrected chi connectivity index (χ4v) is 3.66. The summed E-state index contributed by atoms with van der Waals surface area (Å²) in [5.74, 6) is -4.17. The number of nitro groups is 1. The van der Waals surface area contributed by atoms with Crippen LogP contribution in [-0.4, -0.2) is 44.6 Å². The molecule has 1 unspecified atom stereocenters. The van der Waals surface area contributed by atoms with Gasteiger partial charge in [-0.3, -0.25) is 14.9 Å². The van der Waals surface area contributed by atoms with Gasteiger partial charge in [-0.05, 0) is 31.9 Å². The first kappa shape index (κ1) is 20.0. The van der Waals surface area contributed by atoms with Crippen molar-refractivity contribution in [2.24, 2.45) is 5.92 Å². The molecule has 0 aromatic heterocycles. The van der Waals surface area contributed by atoms with E-state index in [1.807, 2.05) is 0 Å². The number of carbonyl (C=O) groups excluding carboxylic acids is 1. The van der Waals surface area contributed by atoms with Gasteiger partial charge in [0, 0.05) is 25.7 Å². The highest BCUT2D eigenvalue weighted by Gasteiger charge is 2.32. The number of benzene rings is 1. The van der Waals surface area contributed by atoms with E-state index in [0.717, 1.165) is 12.1 Å². The van der Waals surface area contributed by atoms with Crippen molar-refractivity contribution in [3.05, 3.63) is 28.3 Å². The number of nitrogens with zero attached hydrogens (tertiary/aromatic N) is 2. The SMILES string of the molecule is CCNC(=O)C1CCCN(c2ccc(S(=O)(=O)C(F)F)cc2[N+](=O)[O-])C1. The van der Waals surface area contributed by atoms with E-state index in [1.165, 1.54) is 0 Å². The zero-order valence-electron chi connectivity index (χ0n) is 14.0. The number of amides is 1. The molecule has 1 aromatic rings. The van der Waals surface area contributed by atoms with E-state index in [9.17, 15) is 32.1 Å². The van der Waals surface area contributed by atoms with Crippen molar-refractivity contribution in [3.63, 3.8) is 0 Å². The zero-order chi connectivity index (χ0) is 19.5. The molecule has 0 saturated carbocycles. The molecule has 2 rings (SSSR count). The van der Waals surface area contributed by atoms with E-state index in [2.05, 4.69) is 5.32 Å². The van der Waals surface area contributed by atoms with Gasteiger partial charge < -0.3 is 10.2 Å². The number of nitro benzene ring substituents is 1. The molecule has 11 heteroatoms. The van der Waals surface area contributed by atoms with Gasteiger partial charge in [0.25, 0.3) is 5.69 Å². The van der Waals surface area contributed by atoms with Crippen molar-refractivity contribution < 1.29 is 26.9 Å². The third kappa shape index (κ3) is 4.09. The molecule has 1 aromatic carbocycles. The molecule has 0 aliphatic carbocycles. The lowest BCUT2D eigenvalue weighted by atomic mass is 9.96. The number of anilines is 1. The van der Waals surface area contributed by atoms with Crippen LogP contribution in [0, 0.1) is 16.0 Å². The van der Waals surface area contributed by atoms with E-state index >= 15 is 0 Å². The van der Waals surface area contributed by atoms with Crippen LogP contribution in [0.1, 0.15) is 19.8 Å². The van der Waals surface area contributed by atoms with E-state index in [0.29, 0.717) is 32.0 Å². The Balaban J connectivity index is 2.37. The van der Waals surface area contributed by atoms with Gasteiger partial charge in [-0.15, -0.1) is 0 Å². The van der Waals surface area contributed by atoms with Crippen LogP contribution in [0.5, 0.6) is 0 Å². The third-order valence-corrected chi connectivity index (χ3v) is 5.57. The molecule has 1 aliphatic rings. The highest BCUT2D eigenvalue weighted by Crippen LogP contribution is 2.34. The minimum Gasteiger partial charge on any atom is -0.365 e. The summed E-state index contributed by atoms with van der Waals surface area (Å²) in [6.07, 6.45) is 1.25. The Bertz CT molecular complexity index is 800. The number of carbonyl (C=O) groups is 1. The third-order valence-electron chi connectivity index (χ3n) is 4.19. The number of hydrogen-bond acceptors (Lipinski definition) is 6. The van der Waals surface area contributed by atoms with Crippen molar-refractivity contribution in [3.8, 4) is 0 Å². The van der Waals surface area contributed by atoms with Crippen LogP contribution in [0.25, 0.3) is 0 Å². The van der Waals surface area contributed by atoms with Crippen LogP contribution in [0.2, 0.25) is 0 Å². The minimum atomic E-state index is -4.93. The van der Waals surface area contributed by atoms with Crippen molar-refractivity contribution in [1.29, 1.82) is 0 Å². The Labute approximate surface area is 149 Å². The van der Waals surface area contributed by atoms with Gasteiger partial charge in [-0.2, -0.15) is 8.78 Å². The lowest BCUT2D eigenvalue weighted by molar-refractivity contribution is -0.384. The molecule has 0 spiro atoms. The summed E-state index contributed by atoms with van der Waals surface area (Å²) in [6.45, 7) is 2.92. The maximum atomic E-state index is 12.7. The number of piperidine rings is 1. The number of rotatable bonds is 6. The first-order valence-electron chi connectivity index (χ1n) is 8.01. The highest BCUT2D eigenvalue weighted by molar-refractivity contribution is 7.91. The maximum Gasteiger partial charge on any atom is 0.341 e. The number of sulfone groups is 1. The second-order valence-corrected chi connectivity index (χ2v) is 7.81. The molecule has 1 aliphatic heterocycles. The van der Waals surface area contributed by atoms with Crippen LogP contribution >= 0.6 is 0 Å². The smallest absolute Gasteiger partial charge is 0.341 e. The molecule has 1 amide bonds. The minimum absolute atomic E-state index is 0.109. The highest BCUT2D eigenvalue weighted by atomic mass is 32.2. The summed E-state index contributed by atoms with van der Waals surface area (Å²) in [5.41, 5.74) is -0.472. The van der Waals surface area contributed by atoms with Crippen LogP contribution in [-0.2, 0) is 14.6 Å². The predicted molar refractivity (Wildman–Crippen MR) is 89.9 cm³/mol. The van der Waals surface area contributed by atoms with Crippen molar-refractivity contribution in [2.75, 3.05) is 24.5 Å². The Morgan fingerprint density at radius 2 is 2.15 bits per heavy atom. The second-order valence-electron chi connectivity index (χ2n) is 5.89. The summed E-state index contributed by atoms with van der Waals surface area (Å²) in [4.78, 5) is 23.4. The first-order chi connectivity index (χ1) is 12.2. The van der Waals surface area contributed by atoms with Gasteiger partial charge in [0.2, 0.25) is 15.7 Å². The van der Waals surface area contributed by atoms with Gasteiger partial charge >= 0.3 is 5.76 Å². The van der Waals surface area contributed by atoms with Gasteiger partial charge in [0.15, 0.2) is 0 Å². The largest absolute Gasteiger partial charge is 0.365 e. The average Bonchev–Trinajstić information content (AvgIpc) is 2.61. The molecule has 0 bridgehead atoms. The second kappa shape index (κ2) is 7.94. The summed E-state index contributed by atoms with van der Waals surface area (Å²) >= 11 is 0. The summed E-state index contributed by atoms with van der Waals surface area (Å²) in [6, 6.07) is 2.72. The molecule has 1 atom stereocenters. The molecule has 1 saturated heterocycles. The Kier molecular flexibility index (Phi) is 6.11. The Morgan fingerprint density at radius 3 is 2.73 bits per heavy atom. The standard InChI is InChI=1S/C15H19F2N3O5S/c1-2-18-14(21)10-4-3-7-19(9-10)12-6-5-11(8-13(12)20(22)23)26(24,25)15(16)17/h5-6,8,10,15H,2-4,7,9H2,1H3,(H,18,21). The number of hydrogen-bond donors (Lipinski definition) is 1. The molecule has 1 fully saturated rings. The fraction of sp³-hybridized carbons (Fsp3) is 0.533. The molecule has 1 N–H and O–H groups in total. The Morgan fingerprint density at radius 1 is 1.46 bits per heavy atom. The molecule has 26 heavy (non-hydrogen) atoms. The van der Waals surface area contributed by atoms with Crippen molar-refractivity contribution in [2.45, 2.75) is 30.4 Å². The predicted octanol–water partition coefficient (Wildman–Crippen LogP) is 1.94. The molecular weight excluding hydrogens is 372 g/mol. The summed E-state index contributed by atoms with van der Waals surface area (Å²) < 4.78 is 48.5. The van der Waals surface area contributed by atoms with Crippen LogP contribution < -0.4 is 10.2 Å². The fourth-order valence-electron chi connectivity index (χ4n) is 2.93. The first-order valence-corrected chi connectivity index (χ1v) is 9.56. The summed E-state index contributed by atoms with van der Waals surface area (Å²) in [5, 5.41) is 14.1. The quantitative estimate of drug-likeness (QED) is 0.586. The van der Waals surface area contributed by atoms with E-state index in [-0.39, 0.29) is 24.1 Å². The van der Waals surface area contributed by atoms with Gasteiger partial charge in [0.05, 0.1) is 15.7 Å². The van der Waals surface area contributed by atoms with Crippen LogP contribution in [0.4, 0.5) is 20.2 Å². The Hall–Kier alpha value is -2.30. The van der Waals surface area contributed by atoms with Gasteiger partial charge in [-0.25, -0.2) is 8.42 Å². The lowest BCUT2D eigenvalue weighted by Gasteiger charge is -2.33. The maximum absolute atomic E-state index is 12.7. The van der Waals surface area contributed by atoms with Gasteiger partial charge in [-0.1, -0.05) is 0 Å². The van der Waals surface area contributed by atoms with Crippen LogP contribution in [0.15, 0.2) is 23.1 Å². The average molecular weight is 391 g/mol. The monoisotopic (exact) mass is 391 g/mol. The van der Waals surface area contributed by atoms with E-state index < -0.39 is 31.1 Å². The number of nitrogens with one attached hydrogen (secondary N) is 1. The molecule has 8 nitrogen and oxygen atoms in total. The van der Waals surface area contributed by atoms with E-state index in [1.54, 1.807) is 11.8 Å². The van der Waals surface area contributed by atoms with Crippen LogP contribution in [0.3, 0.4) is 0 Å². The topological polar surface area (TPSA) is 110 Å². The lowest BCUT2D eigenvalue weighted by Crippen LogP contribution is -2.43. The molecule has 144 valence electrons. The molecule has 1 heterocycles. The van der Waals surface area contributed by atoms with Crippen molar-refractivity contribution in [1.82, 2.24) is 5.32 Å². The summed E-state index contributed by atoms with van der Waals surface area (Å²) in [7, 11) is -4.93. The van der Waals surface area contributed by atoms with E-state index in [4.69, 9.17) is 0 Å². The number of halogens is 2. The molecule has 0 radical (unpaired) electrons. The molecular formula is C15H19F2N3O5S.